The Hall–Kier alpha value is -0.980. The minimum Gasteiger partial charge on any atom is -0.381 e. The van der Waals surface area contributed by atoms with Crippen LogP contribution in [0.3, 0.4) is 0 Å². The summed E-state index contributed by atoms with van der Waals surface area (Å²) in [5.74, 6) is 1.58. The molecular formula is C12H19N3O3. The molecule has 6 nitrogen and oxygen atoms in total. The number of rotatable bonds is 2. The average Bonchev–Trinajstić information content (AvgIpc) is 3.00. The molecule has 18 heavy (non-hydrogen) atoms. The first-order chi connectivity index (χ1) is 8.70. The Labute approximate surface area is 106 Å². The lowest BCUT2D eigenvalue weighted by atomic mass is 9.86. The topological polar surface area (TPSA) is 83.4 Å². The zero-order valence-electron chi connectivity index (χ0n) is 10.6. The fourth-order valence-corrected chi connectivity index (χ4v) is 2.49. The molecule has 3 unspecified atom stereocenters. The second-order valence-corrected chi connectivity index (χ2v) is 5.41. The average molecular weight is 253 g/mol. The summed E-state index contributed by atoms with van der Waals surface area (Å²) in [5, 5.41) is 4.09. The van der Waals surface area contributed by atoms with Crippen molar-refractivity contribution in [2.75, 3.05) is 26.4 Å². The lowest BCUT2D eigenvalue weighted by Crippen LogP contribution is -2.42. The Balaban J connectivity index is 1.80. The van der Waals surface area contributed by atoms with Gasteiger partial charge in [-0.05, 0) is 19.8 Å². The second kappa shape index (κ2) is 4.60. The molecule has 0 aromatic carbocycles. The maximum Gasteiger partial charge on any atom is 0.236 e. The van der Waals surface area contributed by atoms with Crippen LogP contribution in [0.1, 0.15) is 37.4 Å². The Morgan fingerprint density at radius 3 is 2.89 bits per heavy atom. The standard InChI is InChI=1S/C12H19N3O3/c1-12(7-17-6-9(12)13)11-14-10(15-18-11)8-3-2-4-16-5-8/h8-9H,2-7,13H2,1H3. The fraction of sp³-hybridized carbons (Fsp3) is 0.833. The van der Waals surface area contributed by atoms with Gasteiger partial charge in [0, 0.05) is 18.6 Å². The van der Waals surface area contributed by atoms with Crippen molar-refractivity contribution in [2.24, 2.45) is 5.73 Å². The monoisotopic (exact) mass is 253 g/mol. The van der Waals surface area contributed by atoms with Gasteiger partial charge in [-0.15, -0.1) is 0 Å². The van der Waals surface area contributed by atoms with Crippen LogP contribution in [-0.2, 0) is 14.9 Å². The third-order valence-electron chi connectivity index (χ3n) is 3.97. The van der Waals surface area contributed by atoms with Gasteiger partial charge < -0.3 is 19.7 Å². The third-order valence-corrected chi connectivity index (χ3v) is 3.97. The van der Waals surface area contributed by atoms with Crippen LogP contribution in [0.2, 0.25) is 0 Å². The van der Waals surface area contributed by atoms with E-state index >= 15 is 0 Å². The second-order valence-electron chi connectivity index (χ2n) is 5.41. The molecule has 0 radical (unpaired) electrons. The summed E-state index contributed by atoms with van der Waals surface area (Å²) < 4.78 is 16.2. The molecule has 2 fully saturated rings. The normalized spacial score (nSPS) is 37.0. The van der Waals surface area contributed by atoms with Crippen LogP contribution in [0.15, 0.2) is 4.52 Å². The molecule has 3 rings (SSSR count). The predicted molar refractivity (Wildman–Crippen MR) is 63.2 cm³/mol. The highest BCUT2D eigenvalue weighted by Gasteiger charge is 2.44. The molecule has 1 aromatic heterocycles. The maximum absolute atomic E-state index is 6.06. The van der Waals surface area contributed by atoms with Crippen molar-refractivity contribution >= 4 is 0 Å². The van der Waals surface area contributed by atoms with E-state index < -0.39 is 0 Å². The molecule has 3 atom stereocenters. The molecule has 2 N–H and O–H groups in total. The summed E-state index contributed by atoms with van der Waals surface area (Å²) in [5.41, 5.74) is 5.70. The highest BCUT2D eigenvalue weighted by atomic mass is 16.5. The van der Waals surface area contributed by atoms with Crippen LogP contribution in [0.4, 0.5) is 0 Å². The van der Waals surface area contributed by atoms with Crippen molar-refractivity contribution < 1.29 is 14.0 Å². The van der Waals surface area contributed by atoms with Gasteiger partial charge in [0.1, 0.15) is 0 Å². The van der Waals surface area contributed by atoms with E-state index in [-0.39, 0.29) is 17.4 Å². The lowest BCUT2D eigenvalue weighted by Gasteiger charge is -2.21. The number of hydrogen-bond acceptors (Lipinski definition) is 6. The first-order valence-corrected chi connectivity index (χ1v) is 6.45. The van der Waals surface area contributed by atoms with Crippen molar-refractivity contribution in [3.8, 4) is 0 Å². The van der Waals surface area contributed by atoms with Crippen LogP contribution in [-0.4, -0.2) is 42.6 Å². The quantitative estimate of drug-likeness (QED) is 0.830. The minimum absolute atomic E-state index is 0.0894. The van der Waals surface area contributed by atoms with Gasteiger partial charge in [-0.1, -0.05) is 5.16 Å². The number of ether oxygens (including phenoxy) is 2. The van der Waals surface area contributed by atoms with E-state index in [1.165, 1.54) is 0 Å². The van der Waals surface area contributed by atoms with Crippen LogP contribution in [0, 0.1) is 0 Å². The number of nitrogens with two attached hydrogens (primary N) is 1. The van der Waals surface area contributed by atoms with Crippen molar-refractivity contribution in [2.45, 2.75) is 37.1 Å². The summed E-state index contributed by atoms with van der Waals surface area (Å²) in [7, 11) is 0. The third kappa shape index (κ3) is 1.94. The fourth-order valence-electron chi connectivity index (χ4n) is 2.49. The van der Waals surface area contributed by atoms with E-state index in [1.807, 2.05) is 6.92 Å². The van der Waals surface area contributed by atoms with E-state index in [0.29, 0.717) is 25.7 Å². The number of hydrogen-bond donors (Lipinski definition) is 1. The highest BCUT2D eigenvalue weighted by Crippen LogP contribution is 2.32. The van der Waals surface area contributed by atoms with Crippen LogP contribution in [0.5, 0.6) is 0 Å². The van der Waals surface area contributed by atoms with Gasteiger partial charge in [-0.3, -0.25) is 0 Å². The maximum atomic E-state index is 6.06. The molecule has 0 spiro atoms. The van der Waals surface area contributed by atoms with Crippen LogP contribution in [0.25, 0.3) is 0 Å². The first-order valence-electron chi connectivity index (χ1n) is 6.45. The van der Waals surface area contributed by atoms with Crippen molar-refractivity contribution in [1.82, 2.24) is 10.1 Å². The molecule has 2 saturated heterocycles. The number of nitrogens with zero attached hydrogens (tertiary/aromatic N) is 2. The molecular weight excluding hydrogens is 234 g/mol. The van der Waals surface area contributed by atoms with Crippen LogP contribution >= 0.6 is 0 Å². The smallest absolute Gasteiger partial charge is 0.236 e. The molecule has 2 aliphatic heterocycles. The molecule has 6 heteroatoms. The number of aromatic nitrogens is 2. The van der Waals surface area contributed by atoms with Gasteiger partial charge >= 0.3 is 0 Å². The van der Waals surface area contributed by atoms with Gasteiger partial charge in [0.25, 0.3) is 0 Å². The van der Waals surface area contributed by atoms with Gasteiger partial charge in [0.05, 0.1) is 25.2 Å². The van der Waals surface area contributed by atoms with E-state index in [2.05, 4.69) is 10.1 Å². The Kier molecular flexibility index (Phi) is 3.09. The largest absolute Gasteiger partial charge is 0.381 e. The Morgan fingerprint density at radius 2 is 2.22 bits per heavy atom. The van der Waals surface area contributed by atoms with Gasteiger partial charge in [0.2, 0.25) is 5.89 Å². The van der Waals surface area contributed by atoms with Crippen molar-refractivity contribution in [1.29, 1.82) is 0 Å². The molecule has 1 aromatic rings. The zero-order valence-corrected chi connectivity index (χ0v) is 10.6. The van der Waals surface area contributed by atoms with Gasteiger partial charge in [-0.2, -0.15) is 4.98 Å². The van der Waals surface area contributed by atoms with E-state index in [9.17, 15) is 0 Å². The Bertz CT molecular complexity index is 416. The highest BCUT2D eigenvalue weighted by molar-refractivity contribution is 5.12. The van der Waals surface area contributed by atoms with Crippen LogP contribution < -0.4 is 5.73 Å². The predicted octanol–water partition coefficient (Wildman–Crippen LogP) is 0.579. The first kappa shape index (κ1) is 12.1. The molecule has 0 aliphatic carbocycles. The SMILES string of the molecule is CC1(c2nc(C3CCCOC3)no2)COCC1N. The van der Waals surface area contributed by atoms with E-state index in [0.717, 1.165) is 25.3 Å². The van der Waals surface area contributed by atoms with Gasteiger partial charge in [0.15, 0.2) is 5.82 Å². The summed E-state index contributed by atoms with van der Waals surface area (Å²) in [4.78, 5) is 4.52. The van der Waals surface area contributed by atoms with Crippen molar-refractivity contribution in [3.05, 3.63) is 11.7 Å². The molecule has 0 saturated carbocycles. The summed E-state index contributed by atoms with van der Waals surface area (Å²) in [6, 6.07) is -0.0894. The lowest BCUT2D eigenvalue weighted by molar-refractivity contribution is 0.0773. The summed E-state index contributed by atoms with van der Waals surface area (Å²) >= 11 is 0. The van der Waals surface area contributed by atoms with E-state index in [1.54, 1.807) is 0 Å². The molecule has 2 aliphatic rings. The zero-order chi connectivity index (χ0) is 12.6. The molecule has 0 bridgehead atoms. The summed E-state index contributed by atoms with van der Waals surface area (Å²) in [6.07, 6.45) is 2.10. The Morgan fingerprint density at radius 1 is 1.33 bits per heavy atom. The molecule has 100 valence electrons. The van der Waals surface area contributed by atoms with Crippen molar-refractivity contribution in [3.63, 3.8) is 0 Å². The van der Waals surface area contributed by atoms with E-state index in [4.69, 9.17) is 19.7 Å². The molecule has 3 heterocycles. The van der Waals surface area contributed by atoms with Gasteiger partial charge in [-0.25, -0.2) is 0 Å². The molecule has 0 amide bonds. The summed E-state index contributed by atoms with van der Waals surface area (Å²) in [6.45, 7) is 4.60. The minimum atomic E-state index is -0.360.